The Labute approximate surface area is 168 Å². The highest BCUT2D eigenvalue weighted by Crippen LogP contribution is 2.33. The van der Waals surface area contributed by atoms with Gasteiger partial charge in [0.2, 0.25) is 5.75 Å². The minimum atomic E-state index is -0.716. The molecule has 0 radical (unpaired) electrons. The van der Waals surface area contributed by atoms with E-state index in [2.05, 4.69) is 15.0 Å². The molecule has 4 aromatic rings. The number of hydrogen-bond acceptors (Lipinski definition) is 5. The molecule has 4 rings (SSSR count). The molecule has 0 saturated heterocycles. The maximum absolute atomic E-state index is 13.1. The molecule has 0 spiro atoms. The Bertz CT molecular complexity index is 1270. The highest BCUT2D eigenvalue weighted by Gasteiger charge is 2.17. The second kappa shape index (κ2) is 7.33. The third-order valence-corrected chi connectivity index (χ3v) is 4.43. The topological polar surface area (TPSA) is 104 Å². The van der Waals surface area contributed by atoms with E-state index in [4.69, 9.17) is 11.6 Å². The molecular weight excluding hydrogens is 399 g/mol. The zero-order valence-corrected chi connectivity index (χ0v) is 15.4. The van der Waals surface area contributed by atoms with E-state index in [-0.39, 0.29) is 16.4 Å². The molecule has 144 valence electrons. The van der Waals surface area contributed by atoms with Crippen molar-refractivity contribution in [1.82, 2.24) is 9.97 Å². The Morgan fingerprint density at radius 2 is 1.93 bits per heavy atom. The summed E-state index contributed by atoms with van der Waals surface area (Å²) >= 11 is 5.88. The van der Waals surface area contributed by atoms with Crippen LogP contribution in [0.3, 0.4) is 0 Å². The third-order valence-electron chi connectivity index (χ3n) is 4.22. The van der Waals surface area contributed by atoms with Crippen LogP contribution in [0, 0.1) is 15.9 Å². The largest absolute Gasteiger partial charge is 0.502 e. The van der Waals surface area contributed by atoms with Gasteiger partial charge in [-0.3, -0.25) is 15.1 Å². The summed E-state index contributed by atoms with van der Waals surface area (Å²) in [5.74, 6) is -0.250. The van der Waals surface area contributed by atoms with Crippen molar-refractivity contribution >= 4 is 40.2 Å². The standard InChI is InChI=1S/C20H12ClFN4O3/c21-13-7-12(19(27)18(8-13)26(28)29)10-23-15-5-6-16-17(9-15)25-20(24-16)11-1-3-14(22)4-2-11/h1-10,27H,(H,24,25). The van der Waals surface area contributed by atoms with Crippen molar-refractivity contribution in [2.45, 2.75) is 0 Å². The van der Waals surface area contributed by atoms with Gasteiger partial charge in [-0.2, -0.15) is 0 Å². The number of phenolic OH excluding ortho intramolecular Hbond substituents is 1. The lowest BCUT2D eigenvalue weighted by Gasteiger charge is -2.01. The summed E-state index contributed by atoms with van der Waals surface area (Å²) in [7, 11) is 0. The van der Waals surface area contributed by atoms with Crippen LogP contribution in [0.25, 0.3) is 22.4 Å². The predicted molar refractivity (Wildman–Crippen MR) is 109 cm³/mol. The number of benzene rings is 3. The van der Waals surface area contributed by atoms with Gasteiger partial charge in [-0.15, -0.1) is 0 Å². The summed E-state index contributed by atoms with van der Waals surface area (Å²) in [5, 5.41) is 21.2. The molecule has 1 aromatic heterocycles. The number of imidazole rings is 1. The number of rotatable bonds is 4. The van der Waals surface area contributed by atoms with Crippen LogP contribution in [-0.2, 0) is 0 Å². The number of nitrogens with one attached hydrogen (secondary N) is 1. The smallest absolute Gasteiger partial charge is 0.312 e. The fourth-order valence-electron chi connectivity index (χ4n) is 2.81. The summed E-state index contributed by atoms with van der Waals surface area (Å²) in [6.45, 7) is 0. The lowest BCUT2D eigenvalue weighted by atomic mass is 10.2. The van der Waals surface area contributed by atoms with Crippen molar-refractivity contribution in [3.63, 3.8) is 0 Å². The van der Waals surface area contributed by atoms with Gasteiger partial charge < -0.3 is 10.1 Å². The number of aromatic amines is 1. The average Bonchev–Trinajstić information content (AvgIpc) is 3.12. The molecule has 0 aliphatic rings. The van der Waals surface area contributed by atoms with Gasteiger partial charge in [0.25, 0.3) is 0 Å². The summed E-state index contributed by atoms with van der Waals surface area (Å²) < 4.78 is 13.1. The number of aromatic nitrogens is 2. The van der Waals surface area contributed by atoms with Crippen LogP contribution < -0.4 is 0 Å². The van der Waals surface area contributed by atoms with Crippen LogP contribution in [0.4, 0.5) is 15.8 Å². The fraction of sp³-hybridized carbons (Fsp3) is 0. The third kappa shape index (κ3) is 3.78. The zero-order valence-electron chi connectivity index (χ0n) is 14.6. The molecular formula is C20H12ClFN4O3. The van der Waals surface area contributed by atoms with Crippen molar-refractivity contribution in [2.75, 3.05) is 0 Å². The predicted octanol–water partition coefficient (Wildman–Crippen LogP) is 5.39. The quantitative estimate of drug-likeness (QED) is 0.267. The maximum Gasteiger partial charge on any atom is 0.312 e. The highest BCUT2D eigenvalue weighted by atomic mass is 35.5. The first-order chi connectivity index (χ1) is 13.9. The highest BCUT2D eigenvalue weighted by molar-refractivity contribution is 6.31. The van der Waals surface area contributed by atoms with E-state index in [1.54, 1.807) is 30.3 Å². The molecule has 9 heteroatoms. The maximum atomic E-state index is 13.1. The van der Waals surface area contributed by atoms with Crippen molar-refractivity contribution in [3.05, 3.63) is 81.1 Å². The van der Waals surface area contributed by atoms with Crippen LogP contribution in [0.5, 0.6) is 5.75 Å². The van der Waals surface area contributed by atoms with Gasteiger partial charge in [0.15, 0.2) is 0 Å². The molecule has 0 saturated carbocycles. The number of H-pyrrole nitrogens is 1. The molecule has 0 aliphatic heterocycles. The van der Waals surface area contributed by atoms with Gasteiger partial charge in [-0.25, -0.2) is 9.37 Å². The van der Waals surface area contributed by atoms with E-state index in [0.717, 1.165) is 11.6 Å². The number of nitro groups is 1. The van der Waals surface area contributed by atoms with Gasteiger partial charge in [0, 0.05) is 28.4 Å². The van der Waals surface area contributed by atoms with E-state index < -0.39 is 16.4 Å². The number of nitrogens with zero attached hydrogens (tertiary/aromatic N) is 3. The Morgan fingerprint density at radius 3 is 2.66 bits per heavy atom. The molecule has 29 heavy (non-hydrogen) atoms. The molecule has 3 aromatic carbocycles. The van der Waals surface area contributed by atoms with E-state index in [0.29, 0.717) is 22.5 Å². The molecule has 7 nitrogen and oxygen atoms in total. The fourth-order valence-corrected chi connectivity index (χ4v) is 3.03. The van der Waals surface area contributed by atoms with Crippen LogP contribution >= 0.6 is 11.6 Å². The molecule has 0 aliphatic carbocycles. The number of aliphatic imine (C=N–C) groups is 1. The summed E-state index contributed by atoms with van der Waals surface area (Å²) in [6.07, 6.45) is 1.30. The van der Waals surface area contributed by atoms with Crippen LogP contribution in [0.1, 0.15) is 5.56 Å². The van der Waals surface area contributed by atoms with Gasteiger partial charge in [-0.05, 0) is 48.5 Å². The lowest BCUT2D eigenvalue weighted by molar-refractivity contribution is -0.385. The average molecular weight is 411 g/mol. The van der Waals surface area contributed by atoms with Crippen LogP contribution in [-0.4, -0.2) is 26.2 Å². The monoisotopic (exact) mass is 410 g/mol. The first-order valence-electron chi connectivity index (χ1n) is 8.37. The lowest BCUT2D eigenvalue weighted by Crippen LogP contribution is -1.92. The zero-order chi connectivity index (χ0) is 20.5. The number of halogens is 2. The van der Waals surface area contributed by atoms with Crippen molar-refractivity contribution in [2.24, 2.45) is 4.99 Å². The van der Waals surface area contributed by atoms with Crippen molar-refractivity contribution in [1.29, 1.82) is 0 Å². The molecule has 0 fully saturated rings. The van der Waals surface area contributed by atoms with Gasteiger partial charge in [0.1, 0.15) is 11.6 Å². The van der Waals surface area contributed by atoms with E-state index in [1.165, 1.54) is 24.4 Å². The molecule has 0 bridgehead atoms. The molecule has 0 unspecified atom stereocenters. The van der Waals surface area contributed by atoms with E-state index in [1.807, 2.05) is 0 Å². The number of phenols is 1. The number of aromatic hydroxyl groups is 1. The molecule has 0 atom stereocenters. The number of nitro benzene ring substituents is 1. The Kier molecular flexibility index (Phi) is 4.69. The van der Waals surface area contributed by atoms with Crippen molar-refractivity contribution < 1.29 is 14.4 Å². The van der Waals surface area contributed by atoms with E-state index >= 15 is 0 Å². The summed E-state index contributed by atoms with van der Waals surface area (Å²) in [6, 6.07) is 13.6. The normalized spacial score (nSPS) is 11.4. The summed E-state index contributed by atoms with van der Waals surface area (Å²) in [4.78, 5) is 22.2. The van der Waals surface area contributed by atoms with Gasteiger partial charge in [-0.1, -0.05) is 11.6 Å². The van der Waals surface area contributed by atoms with Gasteiger partial charge >= 0.3 is 5.69 Å². The first kappa shape index (κ1) is 18.6. The van der Waals surface area contributed by atoms with Gasteiger partial charge in [0.05, 0.1) is 21.6 Å². The molecule has 0 amide bonds. The second-order valence-corrected chi connectivity index (χ2v) is 6.61. The Balaban J connectivity index is 1.67. The summed E-state index contributed by atoms with van der Waals surface area (Å²) in [5.41, 5.74) is 2.32. The Morgan fingerprint density at radius 1 is 1.17 bits per heavy atom. The van der Waals surface area contributed by atoms with Crippen molar-refractivity contribution in [3.8, 4) is 17.1 Å². The SMILES string of the molecule is O=[N+]([O-])c1cc(Cl)cc(C=Nc2ccc3nc(-c4ccc(F)cc4)[nH]c3c2)c1O. The molecule has 1 heterocycles. The second-order valence-electron chi connectivity index (χ2n) is 6.17. The minimum Gasteiger partial charge on any atom is -0.502 e. The Hall–Kier alpha value is -3.78. The minimum absolute atomic E-state index is 0.115. The van der Waals surface area contributed by atoms with Crippen LogP contribution in [0.15, 0.2) is 59.6 Å². The molecule has 2 N–H and O–H groups in total. The number of fused-ring (bicyclic) bond motifs is 1. The first-order valence-corrected chi connectivity index (χ1v) is 8.75. The number of hydrogen-bond donors (Lipinski definition) is 2. The van der Waals surface area contributed by atoms with E-state index in [9.17, 15) is 19.6 Å². The van der Waals surface area contributed by atoms with Crippen LogP contribution in [0.2, 0.25) is 5.02 Å².